The predicted molar refractivity (Wildman–Crippen MR) is 85.8 cm³/mol. The second kappa shape index (κ2) is 7.70. The smallest absolute Gasteiger partial charge is 0.417 e. The van der Waals surface area contributed by atoms with Gasteiger partial charge in [0, 0.05) is 11.3 Å². The quantitative estimate of drug-likeness (QED) is 0.636. The van der Waals surface area contributed by atoms with Crippen molar-refractivity contribution in [2.24, 2.45) is 0 Å². The monoisotopic (exact) mass is 364 g/mol. The first-order valence-electron chi connectivity index (χ1n) is 7.19. The Morgan fingerprint density at radius 2 is 1.85 bits per heavy atom. The number of nitrogens with one attached hydrogen (secondary N) is 1. The summed E-state index contributed by atoms with van der Waals surface area (Å²) >= 11 is 0. The number of anilines is 1. The number of carbonyl (C=O) groups is 1. The van der Waals surface area contributed by atoms with Crippen LogP contribution in [-0.4, -0.2) is 12.5 Å². The predicted octanol–water partition coefficient (Wildman–Crippen LogP) is 4.29. The van der Waals surface area contributed by atoms with Crippen LogP contribution in [0, 0.1) is 17.1 Å². The van der Waals surface area contributed by atoms with Gasteiger partial charge in [-0.1, -0.05) is 6.58 Å². The Morgan fingerprint density at radius 3 is 2.42 bits per heavy atom. The lowest BCUT2D eigenvalue weighted by Gasteiger charge is -2.13. The van der Waals surface area contributed by atoms with Crippen molar-refractivity contribution in [1.82, 2.24) is 0 Å². The molecule has 2 aromatic carbocycles. The number of rotatable bonds is 5. The molecule has 1 amide bonds. The highest BCUT2D eigenvalue weighted by Crippen LogP contribution is 2.33. The summed E-state index contributed by atoms with van der Waals surface area (Å²) in [4.78, 5) is 12.0. The number of amides is 1. The number of benzene rings is 2. The fourth-order valence-electron chi connectivity index (χ4n) is 1.94. The zero-order valence-electron chi connectivity index (χ0n) is 13.2. The van der Waals surface area contributed by atoms with Crippen molar-refractivity contribution in [2.45, 2.75) is 6.18 Å². The van der Waals surface area contributed by atoms with E-state index in [9.17, 15) is 22.4 Å². The molecule has 0 atom stereocenters. The van der Waals surface area contributed by atoms with Gasteiger partial charge >= 0.3 is 6.18 Å². The number of nitriles is 1. The zero-order chi connectivity index (χ0) is 19.3. The summed E-state index contributed by atoms with van der Waals surface area (Å²) in [5.74, 6) is -0.891. The maximum Gasteiger partial charge on any atom is 0.417 e. The number of hydrogen-bond acceptors (Lipinski definition) is 3. The number of carbonyl (C=O) groups excluding carboxylic acids is 1. The van der Waals surface area contributed by atoms with Crippen LogP contribution in [0.1, 0.15) is 11.1 Å². The Kier molecular flexibility index (Phi) is 5.62. The second-order valence-corrected chi connectivity index (χ2v) is 5.17. The van der Waals surface area contributed by atoms with Gasteiger partial charge in [0.2, 0.25) is 0 Å². The summed E-state index contributed by atoms with van der Waals surface area (Å²) in [6.07, 6.45) is -4.73. The van der Waals surface area contributed by atoms with E-state index in [0.717, 1.165) is 6.07 Å². The fourth-order valence-corrected chi connectivity index (χ4v) is 1.94. The van der Waals surface area contributed by atoms with E-state index in [2.05, 4.69) is 11.9 Å². The molecule has 0 aliphatic heterocycles. The average Bonchev–Trinajstić information content (AvgIpc) is 2.60. The third kappa shape index (κ3) is 4.83. The summed E-state index contributed by atoms with van der Waals surface area (Å²) in [6.45, 7) is 3.27. The van der Waals surface area contributed by atoms with Crippen molar-refractivity contribution in [3.8, 4) is 11.8 Å². The lowest BCUT2D eigenvalue weighted by atomic mass is 10.1. The molecule has 134 valence electrons. The van der Waals surface area contributed by atoms with Gasteiger partial charge in [-0.15, -0.1) is 0 Å². The molecule has 2 aromatic rings. The molecule has 1 N–H and O–H groups in total. The Morgan fingerprint density at radius 1 is 1.19 bits per heavy atom. The fraction of sp³-hybridized carbons (Fsp3) is 0.111. The lowest BCUT2D eigenvalue weighted by molar-refractivity contribution is -0.137. The maximum atomic E-state index is 12.9. The summed E-state index contributed by atoms with van der Waals surface area (Å²) in [5, 5.41) is 11.0. The maximum absolute atomic E-state index is 12.9. The van der Waals surface area contributed by atoms with Gasteiger partial charge in [-0.3, -0.25) is 4.79 Å². The Labute approximate surface area is 146 Å². The molecule has 8 heteroatoms. The number of halogens is 4. The van der Waals surface area contributed by atoms with E-state index >= 15 is 0 Å². The molecular formula is C18H12F4N2O2. The number of hydrogen-bond donors (Lipinski definition) is 1. The van der Waals surface area contributed by atoms with E-state index in [4.69, 9.17) is 10.00 Å². The molecular weight excluding hydrogens is 352 g/mol. The minimum Gasteiger partial charge on any atom is -0.489 e. The number of nitrogens with zero attached hydrogens (tertiary/aromatic N) is 1. The van der Waals surface area contributed by atoms with Gasteiger partial charge in [-0.2, -0.15) is 18.4 Å². The molecule has 2 rings (SSSR count). The highest BCUT2D eigenvalue weighted by atomic mass is 19.4. The highest BCUT2D eigenvalue weighted by Gasteiger charge is 2.34. The van der Waals surface area contributed by atoms with Crippen molar-refractivity contribution >= 4 is 11.6 Å². The van der Waals surface area contributed by atoms with Crippen molar-refractivity contribution in [3.63, 3.8) is 0 Å². The van der Waals surface area contributed by atoms with Crippen LogP contribution < -0.4 is 10.1 Å². The van der Waals surface area contributed by atoms with Crippen LogP contribution in [0.4, 0.5) is 23.2 Å². The third-order valence-corrected chi connectivity index (χ3v) is 3.25. The minimum absolute atomic E-state index is 0.0488. The van der Waals surface area contributed by atoms with Crippen LogP contribution >= 0.6 is 0 Å². The average molecular weight is 364 g/mol. The molecule has 0 aliphatic rings. The summed E-state index contributed by atoms with van der Waals surface area (Å²) in [7, 11) is 0. The summed E-state index contributed by atoms with van der Waals surface area (Å²) in [6, 6.07) is 9.34. The first-order chi connectivity index (χ1) is 12.2. The van der Waals surface area contributed by atoms with Crippen molar-refractivity contribution in [3.05, 3.63) is 71.6 Å². The zero-order valence-corrected chi connectivity index (χ0v) is 13.2. The molecule has 0 bridgehead atoms. The van der Waals surface area contributed by atoms with Gasteiger partial charge in [-0.25, -0.2) is 4.39 Å². The van der Waals surface area contributed by atoms with Gasteiger partial charge in [-0.05, 0) is 42.5 Å². The van der Waals surface area contributed by atoms with Gasteiger partial charge in [0.05, 0.1) is 17.2 Å². The van der Waals surface area contributed by atoms with Crippen molar-refractivity contribution < 1.29 is 27.1 Å². The molecule has 26 heavy (non-hydrogen) atoms. The topological polar surface area (TPSA) is 62.1 Å². The van der Waals surface area contributed by atoms with Crippen LogP contribution in [0.3, 0.4) is 0 Å². The highest BCUT2D eigenvalue weighted by molar-refractivity contribution is 6.03. The van der Waals surface area contributed by atoms with Crippen molar-refractivity contribution in [2.75, 3.05) is 11.9 Å². The molecule has 0 saturated carbocycles. The molecule has 0 unspecified atom stereocenters. The number of ether oxygens (including phenoxy) is 1. The Hall–Kier alpha value is -3.34. The third-order valence-electron chi connectivity index (χ3n) is 3.25. The van der Waals surface area contributed by atoms with Gasteiger partial charge < -0.3 is 10.1 Å². The molecule has 0 aromatic heterocycles. The SMILES string of the molecule is C=C(COc1ccc(F)cc1)C(=O)Nc1ccc(C#N)c(C(F)(F)F)c1. The van der Waals surface area contributed by atoms with Crippen LogP contribution in [0.2, 0.25) is 0 Å². The molecule has 0 aliphatic carbocycles. The van der Waals surface area contributed by atoms with E-state index in [0.29, 0.717) is 11.8 Å². The molecule has 0 fully saturated rings. The van der Waals surface area contributed by atoms with E-state index < -0.39 is 29.0 Å². The van der Waals surface area contributed by atoms with E-state index in [1.165, 1.54) is 36.4 Å². The first kappa shape index (κ1) is 19.0. The Bertz CT molecular complexity index is 868. The van der Waals surface area contributed by atoms with Gasteiger partial charge in [0.15, 0.2) is 0 Å². The second-order valence-electron chi connectivity index (χ2n) is 5.17. The van der Waals surface area contributed by atoms with E-state index in [-0.39, 0.29) is 17.9 Å². The van der Waals surface area contributed by atoms with Crippen molar-refractivity contribution in [1.29, 1.82) is 5.26 Å². The van der Waals surface area contributed by atoms with Gasteiger partial charge in [0.25, 0.3) is 5.91 Å². The molecule has 0 heterocycles. The molecule has 0 radical (unpaired) electrons. The van der Waals surface area contributed by atoms with E-state index in [1.807, 2.05) is 0 Å². The normalized spacial score (nSPS) is 10.7. The van der Waals surface area contributed by atoms with Gasteiger partial charge in [0.1, 0.15) is 18.2 Å². The molecule has 0 saturated heterocycles. The summed E-state index contributed by atoms with van der Waals surface area (Å²) < 4.78 is 56.8. The molecule has 0 spiro atoms. The first-order valence-corrected chi connectivity index (χ1v) is 7.19. The standard InChI is InChI=1S/C18H12F4N2O2/c1-11(10-26-15-6-3-13(19)4-7-15)17(25)24-14-5-2-12(9-23)16(8-14)18(20,21)22/h2-8H,1,10H2,(H,24,25). The van der Waals surface area contributed by atoms with Crippen LogP contribution in [0.15, 0.2) is 54.6 Å². The van der Waals surface area contributed by atoms with Crippen LogP contribution in [0.25, 0.3) is 0 Å². The van der Waals surface area contributed by atoms with Crippen LogP contribution in [0.5, 0.6) is 5.75 Å². The lowest BCUT2D eigenvalue weighted by Crippen LogP contribution is -2.19. The Balaban J connectivity index is 2.03. The minimum atomic E-state index is -4.73. The van der Waals surface area contributed by atoms with E-state index in [1.54, 1.807) is 0 Å². The summed E-state index contributed by atoms with van der Waals surface area (Å²) in [5.41, 5.74) is -1.88. The molecule has 4 nitrogen and oxygen atoms in total. The largest absolute Gasteiger partial charge is 0.489 e. The van der Waals surface area contributed by atoms with Crippen LogP contribution in [-0.2, 0) is 11.0 Å². The number of alkyl halides is 3.